The van der Waals surface area contributed by atoms with Crippen molar-refractivity contribution in [2.45, 2.75) is 45.3 Å². The van der Waals surface area contributed by atoms with E-state index in [0.717, 1.165) is 19.4 Å². The fourth-order valence-electron chi connectivity index (χ4n) is 2.13. The summed E-state index contributed by atoms with van der Waals surface area (Å²) in [5.74, 6) is 0.417. The summed E-state index contributed by atoms with van der Waals surface area (Å²) in [6, 6.07) is 0.145. The van der Waals surface area contributed by atoms with Crippen LogP contribution in [0.5, 0.6) is 0 Å². The van der Waals surface area contributed by atoms with Crippen molar-refractivity contribution < 1.29 is 4.74 Å². The normalized spacial score (nSPS) is 20.1. The van der Waals surface area contributed by atoms with Crippen molar-refractivity contribution in [3.05, 3.63) is 22.7 Å². The molecular formula is C13H21N3O2. The minimum atomic E-state index is -0.0664. The SMILES string of the molecule is CC(C)n1ccnc(NCC2CCCCO2)c1=O. The number of rotatable bonds is 4. The number of nitrogens with zero attached hydrogens (tertiary/aromatic N) is 2. The molecule has 5 nitrogen and oxygen atoms in total. The van der Waals surface area contributed by atoms with Crippen molar-refractivity contribution in [3.63, 3.8) is 0 Å². The molecule has 0 bridgehead atoms. The Kier molecular flexibility index (Phi) is 4.36. The Morgan fingerprint density at radius 3 is 3.06 bits per heavy atom. The first-order chi connectivity index (χ1) is 8.68. The molecular weight excluding hydrogens is 230 g/mol. The predicted octanol–water partition coefficient (Wildman–Crippen LogP) is 1.81. The second-order valence-electron chi connectivity index (χ2n) is 4.95. The van der Waals surface area contributed by atoms with Crippen LogP contribution in [0.1, 0.15) is 39.2 Å². The van der Waals surface area contributed by atoms with Crippen molar-refractivity contribution >= 4 is 5.82 Å². The van der Waals surface area contributed by atoms with E-state index in [-0.39, 0.29) is 17.7 Å². The monoisotopic (exact) mass is 251 g/mol. The first-order valence-corrected chi connectivity index (χ1v) is 6.61. The zero-order chi connectivity index (χ0) is 13.0. The van der Waals surface area contributed by atoms with Crippen LogP contribution >= 0.6 is 0 Å². The van der Waals surface area contributed by atoms with Crippen molar-refractivity contribution in [2.24, 2.45) is 0 Å². The molecule has 1 atom stereocenters. The third kappa shape index (κ3) is 3.10. The molecule has 1 saturated heterocycles. The van der Waals surface area contributed by atoms with Gasteiger partial charge in [0.1, 0.15) is 0 Å². The van der Waals surface area contributed by atoms with E-state index in [1.807, 2.05) is 13.8 Å². The summed E-state index contributed by atoms with van der Waals surface area (Å²) in [7, 11) is 0. The van der Waals surface area contributed by atoms with Gasteiger partial charge >= 0.3 is 0 Å². The molecule has 1 fully saturated rings. The average Bonchev–Trinajstić information content (AvgIpc) is 2.38. The van der Waals surface area contributed by atoms with E-state index in [0.29, 0.717) is 12.4 Å². The highest BCUT2D eigenvalue weighted by molar-refractivity contribution is 5.31. The quantitative estimate of drug-likeness (QED) is 0.886. The van der Waals surface area contributed by atoms with E-state index < -0.39 is 0 Å². The lowest BCUT2D eigenvalue weighted by Gasteiger charge is -2.23. The molecule has 0 amide bonds. The maximum atomic E-state index is 12.1. The van der Waals surface area contributed by atoms with Crippen LogP contribution in [0.2, 0.25) is 0 Å². The summed E-state index contributed by atoms with van der Waals surface area (Å²) >= 11 is 0. The van der Waals surface area contributed by atoms with Gasteiger partial charge in [0.05, 0.1) is 6.10 Å². The lowest BCUT2D eigenvalue weighted by Crippen LogP contribution is -2.31. The van der Waals surface area contributed by atoms with E-state index in [2.05, 4.69) is 10.3 Å². The highest BCUT2D eigenvalue weighted by atomic mass is 16.5. The highest BCUT2D eigenvalue weighted by Gasteiger charge is 2.14. The topological polar surface area (TPSA) is 56.1 Å². The second-order valence-corrected chi connectivity index (χ2v) is 4.95. The minimum Gasteiger partial charge on any atom is -0.376 e. The molecule has 0 aromatic carbocycles. The lowest BCUT2D eigenvalue weighted by molar-refractivity contribution is 0.0247. The fourth-order valence-corrected chi connectivity index (χ4v) is 2.13. The summed E-state index contributed by atoms with van der Waals surface area (Å²) in [5.41, 5.74) is -0.0664. The third-order valence-electron chi connectivity index (χ3n) is 3.20. The molecule has 1 N–H and O–H groups in total. The molecule has 18 heavy (non-hydrogen) atoms. The molecule has 2 heterocycles. The third-order valence-corrected chi connectivity index (χ3v) is 3.20. The second kappa shape index (κ2) is 6.00. The Morgan fingerprint density at radius 1 is 1.56 bits per heavy atom. The standard InChI is InChI=1S/C13H21N3O2/c1-10(2)16-7-6-14-12(13(16)17)15-9-11-5-3-4-8-18-11/h6-7,10-11H,3-5,8-9H2,1-2H3,(H,14,15). The van der Waals surface area contributed by atoms with Gasteiger partial charge < -0.3 is 14.6 Å². The Balaban J connectivity index is 2.00. The van der Waals surface area contributed by atoms with Gasteiger partial charge in [0.15, 0.2) is 5.82 Å². The van der Waals surface area contributed by atoms with Gasteiger partial charge in [-0.25, -0.2) is 4.98 Å². The van der Waals surface area contributed by atoms with Crippen molar-refractivity contribution in [1.29, 1.82) is 0 Å². The molecule has 0 saturated carbocycles. The van der Waals surface area contributed by atoms with E-state index >= 15 is 0 Å². The summed E-state index contributed by atoms with van der Waals surface area (Å²) in [6.45, 7) is 5.44. The minimum absolute atomic E-state index is 0.0664. The van der Waals surface area contributed by atoms with Crippen molar-refractivity contribution in [3.8, 4) is 0 Å². The van der Waals surface area contributed by atoms with Gasteiger partial charge in [0, 0.05) is 31.6 Å². The zero-order valence-corrected chi connectivity index (χ0v) is 11.1. The number of hydrogen-bond donors (Lipinski definition) is 1. The molecule has 1 aliphatic heterocycles. The fraction of sp³-hybridized carbons (Fsp3) is 0.692. The van der Waals surface area contributed by atoms with Gasteiger partial charge in [-0.3, -0.25) is 4.79 Å². The predicted molar refractivity (Wildman–Crippen MR) is 71.0 cm³/mol. The number of nitrogens with one attached hydrogen (secondary N) is 1. The van der Waals surface area contributed by atoms with Gasteiger partial charge in [0.2, 0.25) is 0 Å². The Morgan fingerprint density at radius 2 is 2.39 bits per heavy atom. The van der Waals surface area contributed by atoms with Crippen LogP contribution in [0, 0.1) is 0 Å². The van der Waals surface area contributed by atoms with E-state index in [9.17, 15) is 4.79 Å². The Labute approximate surface area is 107 Å². The zero-order valence-electron chi connectivity index (χ0n) is 11.1. The lowest BCUT2D eigenvalue weighted by atomic mass is 10.1. The molecule has 0 spiro atoms. The van der Waals surface area contributed by atoms with E-state index in [1.165, 1.54) is 6.42 Å². The molecule has 1 aromatic rings. The Bertz CT molecular complexity index is 436. The van der Waals surface area contributed by atoms with Crippen molar-refractivity contribution in [1.82, 2.24) is 9.55 Å². The van der Waals surface area contributed by atoms with E-state index in [4.69, 9.17) is 4.74 Å². The van der Waals surface area contributed by atoms with Gasteiger partial charge in [-0.05, 0) is 33.1 Å². The summed E-state index contributed by atoms with van der Waals surface area (Å²) in [4.78, 5) is 16.2. The maximum Gasteiger partial charge on any atom is 0.293 e. The molecule has 0 aliphatic carbocycles. The summed E-state index contributed by atoms with van der Waals surface area (Å²) in [5, 5.41) is 3.11. The molecule has 100 valence electrons. The van der Waals surface area contributed by atoms with Crippen LogP contribution < -0.4 is 10.9 Å². The number of anilines is 1. The van der Waals surface area contributed by atoms with Crippen molar-refractivity contribution in [2.75, 3.05) is 18.5 Å². The van der Waals surface area contributed by atoms with Crippen LogP contribution in [0.3, 0.4) is 0 Å². The molecule has 2 rings (SSSR count). The molecule has 0 radical (unpaired) electrons. The van der Waals surface area contributed by atoms with Gasteiger partial charge in [-0.2, -0.15) is 0 Å². The van der Waals surface area contributed by atoms with Gasteiger partial charge in [0.25, 0.3) is 5.56 Å². The Hall–Kier alpha value is -1.36. The van der Waals surface area contributed by atoms with Gasteiger partial charge in [-0.15, -0.1) is 0 Å². The van der Waals surface area contributed by atoms with Crippen LogP contribution in [0.25, 0.3) is 0 Å². The molecule has 1 aromatic heterocycles. The average molecular weight is 251 g/mol. The molecule has 1 aliphatic rings. The number of hydrogen-bond acceptors (Lipinski definition) is 4. The number of aromatic nitrogens is 2. The van der Waals surface area contributed by atoms with Gasteiger partial charge in [-0.1, -0.05) is 0 Å². The van der Waals surface area contributed by atoms with Crippen LogP contribution in [-0.4, -0.2) is 28.8 Å². The van der Waals surface area contributed by atoms with E-state index in [1.54, 1.807) is 17.0 Å². The largest absolute Gasteiger partial charge is 0.376 e. The maximum absolute atomic E-state index is 12.1. The molecule has 1 unspecified atom stereocenters. The summed E-state index contributed by atoms with van der Waals surface area (Å²) in [6.07, 6.45) is 6.97. The first kappa shape index (κ1) is 13.1. The smallest absolute Gasteiger partial charge is 0.293 e. The van der Waals surface area contributed by atoms with Crippen LogP contribution in [0.15, 0.2) is 17.2 Å². The summed E-state index contributed by atoms with van der Waals surface area (Å²) < 4.78 is 7.30. The molecule has 5 heteroatoms. The van der Waals surface area contributed by atoms with Crippen LogP contribution in [-0.2, 0) is 4.74 Å². The van der Waals surface area contributed by atoms with Crippen LogP contribution in [0.4, 0.5) is 5.82 Å². The first-order valence-electron chi connectivity index (χ1n) is 6.61. The number of ether oxygens (including phenoxy) is 1. The highest BCUT2D eigenvalue weighted by Crippen LogP contribution is 2.12.